The number of nitrogens with zero attached hydrogens (tertiary/aromatic N) is 2. The fourth-order valence-corrected chi connectivity index (χ4v) is 5.65. The van der Waals surface area contributed by atoms with Gasteiger partial charge in [0.05, 0.1) is 25.9 Å². The van der Waals surface area contributed by atoms with Crippen LogP contribution in [0.2, 0.25) is 0 Å². The van der Waals surface area contributed by atoms with Crippen molar-refractivity contribution in [2.24, 2.45) is 0 Å². The molecule has 33 heavy (non-hydrogen) atoms. The third-order valence-corrected chi connectivity index (χ3v) is 8.15. The van der Waals surface area contributed by atoms with Crippen LogP contribution in [0.1, 0.15) is 50.5 Å². The smallest absolute Gasteiger partial charge is 0.410 e. The van der Waals surface area contributed by atoms with E-state index in [2.05, 4.69) is 4.72 Å². The van der Waals surface area contributed by atoms with Gasteiger partial charge in [0.15, 0.2) is 0 Å². The van der Waals surface area contributed by atoms with Crippen molar-refractivity contribution in [1.29, 1.82) is 0 Å². The Morgan fingerprint density at radius 3 is 2.30 bits per heavy atom. The predicted octanol–water partition coefficient (Wildman–Crippen LogP) is 3.00. The zero-order valence-electron chi connectivity index (χ0n) is 19.5. The highest BCUT2D eigenvalue weighted by atomic mass is 32.2. The maximum Gasteiger partial charge on any atom is 0.410 e. The first-order valence-electron chi connectivity index (χ1n) is 11.2. The van der Waals surface area contributed by atoms with Gasteiger partial charge in [0.1, 0.15) is 11.6 Å². The van der Waals surface area contributed by atoms with E-state index >= 15 is 0 Å². The van der Waals surface area contributed by atoms with E-state index < -0.39 is 40.0 Å². The maximum atomic E-state index is 13.6. The zero-order valence-corrected chi connectivity index (χ0v) is 20.3. The van der Waals surface area contributed by atoms with Crippen LogP contribution in [0.25, 0.3) is 0 Å². The molecule has 11 heteroatoms. The molecule has 0 unspecified atom stereocenters. The summed E-state index contributed by atoms with van der Waals surface area (Å²) >= 11 is 0. The van der Waals surface area contributed by atoms with E-state index in [0.29, 0.717) is 24.8 Å². The van der Waals surface area contributed by atoms with Gasteiger partial charge < -0.3 is 9.47 Å². The minimum atomic E-state index is -3.69. The molecule has 0 bridgehead atoms. The Bertz CT molecular complexity index is 918. The zero-order chi connectivity index (χ0) is 24.3. The first-order chi connectivity index (χ1) is 15.5. The quantitative estimate of drug-likeness (QED) is 0.636. The lowest BCUT2D eigenvalue weighted by atomic mass is 9.82. The van der Waals surface area contributed by atoms with E-state index in [1.807, 2.05) is 6.92 Å². The van der Waals surface area contributed by atoms with Crippen LogP contribution in [-0.2, 0) is 19.7 Å². The van der Waals surface area contributed by atoms with Gasteiger partial charge in [0, 0.05) is 32.2 Å². The lowest BCUT2D eigenvalue weighted by Crippen LogP contribution is -2.52. The van der Waals surface area contributed by atoms with Crippen LogP contribution >= 0.6 is 0 Å². The van der Waals surface area contributed by atoms with E-state index in [0.717, 1.165) is 23.2 Å². The molecule has 0 radical (unpaired) electrons. The first-order valence-corrected chi connectivity index (χ1v) is 12.6. The van der Waals surface area contributed by atoms with Crippen molar-refractivity contribution < 1.29 is 31.5 Å². The van der Waals surface area contributed by atoms with E-state index in [-0.39, 0.29) is 24.7 Å². The molecule has 0 aromatic heterocycles. The van der Waals surface area contributed by atoms with Gasteiger partial charge in [-0.3, -0.25) is 4.90 Å². The Hall–Kier alpha value is -1.82. The molecular formula is C22H33F2N3O5S. The van der Waals surface area contributed by atoms with Gasteiger partial charge in [-0.1, -0.05) is 0 Å². The van der Waals surface area contributed by atoms with Crippen molar-refractivity contribution in [3.8, 4) is 0 Å². The first kappa shape index (κ1) is 25.8. The molecular weight excluding hydrogens is 456 g/mol. The average Bonchev–Trinajstić information content (AvgIpc) is 3.05. The van der Waals surface area contributed by atoms with Gasteiger partial charge >= 0.3 is 6.09 Å². The second kappa shape index (κ2) is 10.6. The molecule has 1 aliphatic carbocycles. The Morgan fingerprint density at radius 2 is 1.76 bits per heavy atom. The predicted molar refractivity (Wildman–Crippen MR) is 119 cm³/mol. The standard InChI is InChI=1S/C22H33F2N3O5S/c1-14-9-20(25-33(29,30)26(2)3)21(27(14)22(28)31-4)13-32-19-7-5-15(6-8-19)16-10-17(23)12-18(24)11-16/h10-12,14-15,19-21,25H,5-9,13H2,1-4H3/t14-,15?,19?,20+,21+/m1/s1. The number of nitrogens with one attached hydrogen (secondary N) is 1. The number of methoxy groups -OCH3 is 1. The van der Waals surface area contributed by atoms with Crippen molar-refractivity contribution in [3.05, 3.63) is 35.4 Å². The highest BCUT2D eigenvalue weighted by Gasteiger charge is 2.44. The van der Waals surface area contributed by atoms with E-state index in [9.17, 15) is 22.0 Å². The highest BCUT2D eigenvalue weighted by molar-refractivity contribution is 7.87. The lowest BCUT2D eigenvalue weighted by Gasteiger charge is -2.33. The molecule has 1 N–H and O–H groups in total. The van der Waals surface area contributed by atoms with Gasteiger partial charge in [0.2, 0.25) is 0 Å². The summed E-state index contributed by atoms with van der Waals surface area (Å²) in [7, 11) is 0.474. The maximum absolute atomic E-state index is 13.6. The molecule has 0 spiro atoms. The van der Waals surface area contributed by atoms with Crippen molar-refractivity contribution in [2.75, 3.05) is 27.8 Å². The van der Waals surface area contributed by atoms with E-state index in [4.69, 9.17) is 9.47 Å². The largest absolute Gasteiger partial charge is 0.453 e. The van der Waals surface area contributed by atoms with Crippen molar-refractivity contribution in [3.63, 3.8) is 0 Å². The molecule has 186 valence electrons. The monoisotopic (exact) mass is 489 g/mol. The Labute approximate surface area is 194 Å². The third-order valence-electron chi connectivity index (χ3n) is 6.59. The molecule has 1 aromatic carbocycles. The van der Waals surface area contributed by atoms with Crippen molar-refractivity contribution >= 4 is 16.3 Å². The summed E-state index contributed by atoms with van der Waals surface area (Å²) in [5.41, 5.74) is 0.658. The summed E-state index contributed by atoms with van der Waals surface area (Å²) in [6.45, 7) is 2.00. The SMILES string of the molecule is COC(=O)N1[C@H](C)C[C@H](NS(=O)(=O)N(C)C)[C@@H]1COC1CCC(c2cc(F)cc(F)c2)CC1. The van der Waals surface area contributed by atoms with Gasteiger partial charge in [-0.2, -0.15) is 17.4 Å². The lowest BCUT2D eigenvalue weighted by molar-refractivity contribution is -0.00866. The molecule has 2 fully saturated rings. The Kier molecular flexibility index (Phi) is 8.31. The van der Waals surface area contributed by atoms with Gasteiger partial charge in [-0.25, -0.2) is 13.6 Å². The molecule has 2 aliphatic rings. The number of hydrogen-bond acceptors (Lipinski definition) is 5. The minimum Gasteiger partial charge on any atom is -0.453 e. The number of benzene rings is 1. The molecule has 3 atom stereocenters. The molecule has 8 nitrogen and oxygen atoms in total. The van der Waals surface area contributed by atoms with Crippen LogP contribution in [-0.4, -0.2) is 75.8 Å². The summed E-state index contributed by atoms with van der Waals surface area (Å²) < 4.78 is 66.7. The second-order valence-electron chi connectivity index (χ2n) is 9.05. The minimum absolute atomic E-state index is 0.0627. The van der Waals surface area contributed by atoms with Crippen LogP contribution in [0.3, 0.4) is 0 Å². The highest BCUT2D eigenvalue weighted by Crippen LogP contribution is 2.35. The second-order valence-corrected chi connectivity index (χ2v) is 11.0. The molecule has 1 saturated carbocycles. The Balaban J connectivity index is 1.63. The molecule has 1 amide bonds. The summed E-state index contributed by atoms with van der Waals surface area (Å²) in [4.78, 5) is 13.9. The third kappa shape index (κ3) is 6.20. The summed E-state index contributed by atoms with van der Waals surface area (Å²) in [5.74, 6) is -1.09. The van der Waals surface area contributed by atoms with Crippen LogP contribution < -0.4 is 4.72 Å². The van der Waals surface area contributed by atoms with Crippen molar-refractivity contribution in [2.45, 2.75) is 69.2 Å². The molecule has 1 aliphatic heterocycles. The average molecular weight is 490 g/mol. The van der Waals surface area contributed by atoms with Crippen LogP contribution in [0.4, 0.5) is 13.6 Å². The number of halogens is 2. The van der Waals surface area contributed by atoms with E-state index in [1.54, 1.807) is 0 Å². The number of carbonyl (C=O) groups is 1. The molecule has 1 saturated heterocycles. The topological polar surface area (TPSA) is 88.2 Å². The fraction of sp³-hybridized carbons (Fsp3) is 0.682. The van der Waals surface area contributed by atoms with Gasteiger partial charge in [-0.15, -0.1) is 0 Å². The number of likely N-dealkylation sites (tertiary alicyclic amines) is 1. The van der Waals surface area contributed by atoms with Gasteiger partial charge in [-0.05, 0) is 62.6 Å². The van der Waals surface area contributed by atoms with Gasteiger partial charge in [0.25, 0.3) is 10.2 Å². The van der Waals surface area contributed by atoms with Crippen LogP contribution in [0, 0.1) is 11.6 Å². The number of hydrogen-bond donors (Lipinski definition) is 1. The molecule has 3 rings (SSSR count). The van der Waals surface area contributed by atoms with Crippen LogP contribution in [0.5, 0.6) is 0 Å². The number of amides is 1. The summed E-state index contributed by atoms with van der Waals surface area (Å²) in [6, 6.07) is 2.37. The van der Waals surface area contributed by atoms with Crippen LogP contribution in [0.15, 0.2) is 18.2 Å². The summed E-state index contributed by atoms with van der Waals surface area (Å²) in [6.07, 6.45) is 2.70. The molecule has 1 aromatic rings. The molecule has 1 heterocycles. The number of rotatable bonds is 7. The van der Waals surface area contributed by atoms with E-state index in [1.165, 1.54) is 38.2 Å². The van der Waals surface area contributed by atoms with Crippen molar-refractivity contribution in [1.82, 2.24) is 13.9 Å². The normalized spacial score (nSPS) is 28.3. The number of ether oxygens (including phenoxy) is 2. The summed E-state index contributed by atoms with van der Waals surface area (Å²) in [5, 5.41) is 0. The fourth-order valence-electron chi connectivity index (χ4n) is 4.81. The number of carbonyl (C=O) groups excluding carboxylic acids is 1. The Morgan fingerprint density at radius 1 is 1.15 bits per heavy atom.